The molecular formula is C10H10N2O2. The fraction of sp³-hybridized carbons (Fsp3) is 0.200. The second kappa shape index (κ2) is 4.87. The molecule has 0 unspecified atom stereocenters. The molecule has 1 rings (SSSR count). The number of carboxylic acid groups (broad SMARTS) is 1. The van der Waals surface area contributed by atoms with E-state index in [4.69, 9.17) is 11.5 Å². The minimum atomic E-state index is -0.905. The van der Waals surface area contributed by atoms with Gasteiger partial charge in [0.2, 0.25) is 0 Å². The maximum Gasteiger partial charge on any atom is 0.323 e. The van der Waals surface area contributed by atoms with Crippen LogP contribution in [0.4, 0.5) is 5.69 Å². The lowest BCUT2D eigenvalue weighted by Crippen LogP contribution is -2.29. The molecule has 0 fully saturated rings. The van der Waals surface area contributed by atoms with Gasteiger partial charge in [-0.3, -0.25) is 9.78 Å². The molecule has 0 radical (unpaired) electrons. The van der Waals surface area contributed by atoms with Crippen LogP contribution in [0.1, 0.15) is 0 Å². The first-order valence-electron chi connectivity index (χ1n) is 4.04. The number of hydrogen-bond donors (Lipinski definition) is 1. The van der Waals surface area contributed by atoms with Gasteiger partial charge in [0.1, 0.15) is 6.54 Å². The van der Waals surface area contributed by atoms with Crippen molar-refractivity contribution in [3.05, 3.63) is 24.5 Å². The predicted octanol–water partition coefficient (Wildman–Crippen LogP) is 0.606. The first kappa shape index (κ1) is 10.1. The molecule has 0 atom stereocenters. The molecule has 1 N–H and O–H groups in total. The molecule has 1 aromatic rings. The highest BCUT2D eigenvalue weighted by Gasteiger charge is 2.08. The van der Waals surface area contributed by atoms with Gasteiger partial charge in [-0.2, -0.15) is 0 Å². The van der Waals surface area contributed by atoms with Gasteiger partial charge >= 0.3 is 5.97 Å². The summed E-state index contributed by atoms with van der Waals surface area (Å²) >= 11 is 0. The molecule has 1 aromatic heterocycles. The maximum absolute atomic E-state index is 10.5. The topological polar surface area (TPSA) is 53.4 Å². The second-order valence-corrected chi connectivity index (χ2v) is 2.66. The lowest BCUT2D eigenvalue weighted by molar-refractivity contribution is -0.135. The Morgan fingerprint density at radius 3 is 2.71 bits per heavy atom. The molecular weight excluding hydrogens is 180 g/mol. The summed E-state index contributed by atoms with van der Waals surface area (Å²) in [5.41, 5.74) is 0.764. The molecule has 0 bridgehead atoms. The average Bonchev–Trinajstić information content (AvgIpc) is 2.18. The van der Waals surface area contributed by atoms with Gasteiger partial charge in [0.15, 0.2) is 0 Å². The van der Waals surface area contributed by atoms with E-state index in [1.54, 1.807) is 29.4 Å². The Morgan fingerprint density at radius 2 is 2.21 bits per heavy atom. The Bertz CT molecular complexity index is 343. The Hall–Kier alpha value is -2.02. The number of aromatic nitrogens is 1. The van der Waals surface area contributed by atoms with Crippen molar-refractivity contribution in [2.75, 3.05) is 18.0 Å². The van der Waals surface area contributed by atoms with Gasteiger partial charge in [-0.05, 0) is 12.1 Å². The highest BCUT2D eigenvalue weighted by atomic mass is 16.4. The van der Waals surface area contributed by atoms with Crippen LogP contribution in [0, 0.1) is 12.3 Å². The molecule has 0 saturated heterocycles. The SMILES string of the molecule is C#CCN(CC(=O)O)c1ccncc1. The largest absolute Gasteiger partial charge is 0.480 e. The Labute approximate surface area is 82.2 Å². The summed E-state index contributed by atoms with van der Waals surface area (Å²) in [5.74, 6) is 1.51. The van der Waals surface area contributed by atoms with Gasteiger partial charge < -0.3 is 10.0 Å². The monoisotopic (exact) mass is 190 g/mol. The van der Waals surface area contributed by atoms with E-state index in [0.29, 0.717) is 0 Å². The molecule has 4 heteroatoms. The Balaban J connectivity index is 2.78. The molecule has 0 aromatic carbocycles. The van der Waals surface area contributed by atoms with Crippen LogP contribution >= 0.6 is 0 Å². The smallest absolute Gasteiger partial charge is 0.323 e. The number of terminal acetylenes is 1. The van der Waals surface area contributed by atoms with Crippen molar-refractivity contribution in [2.45, 2.75) is 0 Å². The summed E-state index contributed by atoms with van der Waals surface area (Å²) in [6.45, 7) is 0.171. The van der Waals surface area contributed by atoms with E-state index in [9.17, 15) is 4.79 Å². The second-order valence-electron chi connectivity index (χ2n) is 2.66. The molecule has 0 amide bonds. The fourth-order valence-corrected chi connectivity index (χ4v) is 1.07. The first-order chi connectivity index (χ1) is 6.74. The van der Waals surface area contributed by atoms with Crippen LogP contribution in [-0.4, -0.2) is 29.1 Å². The minimum Gasteiger partial charge on any atom is -0.480 e. The molecule has 4 nitrogen and oxygen atoms in total. The highest BCUT2D eigenvalue weighted by Crippen LogP contribution is 2.10. The van der Waals surface area contributed by atoms with Gasteiger partial charge in [0.25, 0.3) is 0 Å². The van der Waals surface area contributed by atoms with Gasteiger partial charge in [-0.1, -0.05) is 5.92 Å². The average molecular weight is 190 g/mol. The summed E-state index contributed by atoms with van der Waals surface area (Å²) in [7, 11) is 0. The molecule has 1 heterocycles. The van der Waals surface area contributed by atoms with Crippen molar-refractivity contribution in [1.29, 1.82) is 0 Å². The van der Waals surface area contributed by atoms with E-state index in [-0.39, 0.29) is 13.1 Å². The summed E-state index contributed by atoms with van der Waals surface area (Å²) in [4.78, 5) is 16.0. The zero-order chi connectivity index (χ0) is 10.4. The van der Waals surface area contributed by atoms with E-state index < -0.39 is 5.97 Å². The quantitative estimate of drug-likeness (QED) is 0.706. The van der Waals surface area contributed by atoms with Crippen LogP contribution in [0.15, 0.2) is 24.5 Å². The maximum atomic E-state index is 10.5. The lowest BCUT2D eigenvalue weighted by atomic mass is 10.3. The van der Waals surface area contributed by atoms with Crippen LogP contribution < -0.4 is 4.90 Å². The number of aliphatic carboxylic acids is 1. The number of carbonyl (C=O) groups is 1. The zero-order valence-corrected chi connectivity index (χ0v) is 7.55. The van der Waals surface area contributed by atoms with Crippen LogP contribution in [-0.2, 0) is 4.79 Å². The van der Waals surface area contributed by atoms with Crippen LogP contribution in [0.2, 0.25) is 0 Å². The molecule has 0 aliphatic carbocycles. The predicted molar refractivity (Wildman–Crippen MR) is 52.9 cm³/mol. The van der Waals surface area contributed by atoms with Crippen molar-refractivity contribution in [2.24, 2.45) is 0 Å². The molecule has 0 aliphatic heterocycles. The normalized spacial score (nSPS) is 9.07. The first-order valence-corrected chi connectivity index (χ1v) is 4.04. The number of pyridine rings is 1. The number of nitrogens with zero attached hydrogens (tertiary/aromatic N) is 2. The van der Waals surface area contributed by atoms with Gasteiger partial charge in [0.05, 0.1) is 6.54 Å². The highest BCUT2D eigenvalue weighted by molar-refractivity contribution is 5.73. The van der Waals surface area contributed by atoms with Crippen LogP contribution in [0.25, 0.3) is 0 Å². The Kier molecular flexibility index (Phi) is 3.50. The third kappa shape index (κ3) is 2.79. The molecule has 0 saturated carbocycles. The van der Waals surface area contributed by atoms with Gasteiger partial charge in [-0.15, -0.1) is 6.42 Å². The minimum absolute atomic E-state index is 0.103. The van der Waals surface area contributed by atoms with Gasteiger partial charge in [0, 0.05) is 18.1 Å². The number of rotatable bonds is 4. The molecule has 0 spiro atoms. The third-order valence-electron chi connectivity index (χ3n) is 1.64. The van der Waals surface area contributed by atoms with E-state index in [1.165, 1.54) is 0 Å². The number of carboxylic acids is 1. The van der Waals surface area contributed by atoms with Crippen LogP contribution in [0.5, 0.6) is 0 Å². The van der Waals surface area contributed by atoms with Crippen LogP contribution in [0.3, 0.4) is 0 Å². The summed E-state index contributed by atoms with van der Waals surface area (Å²) < 4.78 is 0. The standard InChI is InChI=1S/C10H10N2O2/c1-2-7-12(8-10(13)14)9-3-5-11-6-4-9/h1,3-6H,7-8H2,(H,13,14). The van der Waals surface area contributed by atoms with Crippen molar-refractivity contribution >= 4 is 11.7 Å². The van der Waals surface area contributed by atoms with Crippen molar-refractivity contribution in [3.8, 4) is 12.3 Å². The summed E-state index contributed by atoms with van der Waals surface area (Å²) in [6, 6.07) is 3.44. The third-order valence-corrected chi connectivity index (χ3v) is 1.64. The number of anilines is 1. The molecule has 0 aliphatic rings. The molecule has 72 valence electrons. The van der Waals surface area contributed by atoms with E-state index in [2.05, 4.69) is 10.9 Å². The zero-order valence-electron chi connectivity index (χ0n) is 7.55. The van der Waals surface area contributed by atoms with E-state index in [0.717, 1.165) is 5.69 Å². The molecule has 14 heavy (non-hydrogen) atoms. The van der Waals surface area contributed by atoms with Crippen molar-refractivity contribution < 1.29 is 9.90 Å². The van der Waals surface area contributed by atoms with E-state index >= 15 is 0 Å². The van der Waals surface area contributed by atoms with Crippen molar-refractivity contribution in [3.63, 3.8) is 0 Å². The summed E-state index contributed by atoms with van der Waals surface area (Å²) in [6.07, 6.45) is 8.34. The van der Waals surface area contributed by atoms with Gasteiger partial charge in [-0.25, -0.2) is 0 Å². The number of hydrogen-bond acceptors (Lipinski definition) is 3. The Morgan fingerprint density at radius 1 is 1.57 bits per heavy atom. The lowest BCUT2D eigenvalue weighted by Gasteiger charge is -2.19. The summed E-state index contributed by atoms with van der Waals surface area (Å²) in [5, 5.41) is 8.65. The van der Waals surface area contributed by atoms with E-state index in [1.807, 2.05) is 0 Å². The van der Waals surface area contributed by atoms with Crippen molar-refractivity contribution in [1.82, 2.24) is 4.98 Å². The fourth-order valence-electron chi connectivity index (χ4n) is 1.07.